The van der Waals surface area contributed by atoms with Gasteiger partial charge in [0.05, 0.1) is 19.6 Å². The zero-order valence-electron chi connectivity index (χ0n) is 19.8. The minimum absolute atomic E-state index is 0.114. The summed E-state index contributed by atoms with van der Waals surface area (Å²) in [5.41, 5.74) is 3.61. The van der Waals surface area contributed by atoms with Gasteiger partial charge in [-0.05, 0) is 54.4 Å². The fourth-order valence-electron chi connectivity index (χ4n) is 4.07. The number of hydrogen-bond donors (Lipinski definition) is 1. The Morgan fingerprint density at radius 3 is 2.26 bits per heavy atom. The lowest BCUT2D eigenvalue weighted by Crippen LogP contribution is -2.45. The quantitative estimate of drug-likeness (QED) is 0.493. The van der Waals surface area contributed by atoms with E-state index in [4.69, 9.17) is 16.3 Å². The molecule has 1 heterocycles. The van der Waals surface area contributed by atoms with E-state index in [9.17, 15) is 9.59 Å². The van der Waals surface area contributed by atoms with Crippen LogP contribution in [-0.4, -0.2) is 49.1 Å². The molecule has 0 bridgehead atoms. The molecule has 7 heteroatoms. The van der Waals surface area contributed by atoms with Gasteiger partial charge in [-0.2, -0.15) is 0 Å². The van der Waals surface area contributed by atoms with Crippen molar-refractivity contribution < 1.29 is 14.3 Å². The van der Waals surface area contributed by atoms with Gasteiger partial charge < -0.3 is 19.9 Å². The van der Waals surface area contributed by atoms with Crippen LogP contribution in [0.4, 0.5) is 11.4 Å². The van der Waals surface area contributed by atoms with E-state index < -0.39 is 6.04 Å². The first kappa shape index (κ1) is 24.8. The summed E-state index contributed by atoms with van der Waals surface area (Å²) in [5, 5.41) is 3.60. The molecule has 0 saturated carbocycles. The highest BCUT2D eigenvalue weighted by Crippen LogP contribution is 2.20. The Labute approximate surface area is 211 Å². The van der Waals surface area contributed by atoms with Crippen LogP contribution in [0.1, 0.15) is 18.1 Å². The predicted octanol–water partition coefficient (Wildman–Crippen LogP) is 4.78. The second kappa shape index (κ2) is 11.9. The maximum absolute atomic E-state index is 13.3. The molecule has 0 aliphatic carbocycles. The van der Waals surface area contributed by atoms with Gasteiger partial charge in [-0.15, -0.1) is 0 Å². The maximum atomic E-state index is 13.3. The topological polar surface area (TPSA) is 61.9 Å². The van der Waals surface area contributed by atoms with Crippen LogP contribution in [0.15, 0.2) is 78.9 Å². The lowest BCUT2D eigenvalue weighted by atomic mass is 10.1. The maximum Gasteiger partial charge on any atom is 0.246 e. The van der Waals surface area contributed by atoms with Crippen LogP contribution in [-0.2, 0) is 27.3 Å². The summed E-state index contributed by atoms with van der Waals surface area (Å²) < 4.78 is 5.41. The molecule has 0 aromatic heterocycles. The third kappa shape index (κ3) is 6.84. The van der Waals surface area contributed by atoms with Gasteiger partial charge in [0.25, 0.3) is 0 Å². The number of benzene rings is 3. The first-order chi connectivity index (χ1) is 17.0. The number of carbonyl (C=O) groups excluding carboxylic acids is 2. The van der Waals surface area contributed by atoms with E-state index in [1.807, 2.05) is 66.7 Å². The van der Waals surface area contributed by atoms with E-state index in [2.05, 4.69) is 10.2 Å². The summed E-state index contributed by atoms with van der Waals surface area (Å²) in [7, 11) is 0. The second-order valence-corrected chi connectivity index (χ2v) is 9.06. The summed E-state index contributed by atoms with van der Waals surface area (Å²) in [6.07, 6.45) is 0.223. The summed E-state index contributed by atoms with van der Waals surface area (Å²) >= 11 is 6.03. The van der Waals surface area contributed by atoms with E-state index in [0.717, 1.165) is 43.1 Å². The number of halogens is 1. The Morgan fingerprint density at radius 1 is 0.943 bits per heavy atom. The largest absolute Gasteiger partial charge is 0.378 e. The number of amides is 2. The molecule has 3 aromatic rings. The number of hydrogen-bond acceptors (Lipinski definition) is 4. The smallest absolute Gasteiger partial charge is 0.246 e. The lowest BCUT2D eigenvalue weighted by Gasteiger charge is -2.30. The van der Waals surface area contributed by atoms with Crippen molar-refractivity contribution in [2.45, 2.75) is 25.9 Å². The number of carbonyl (C=O) groups is 2. The van der Waals surface area contributed by atoms with Crippen molar-refractivity contribution in [2.24, 2.45) is 0 Å². The van der Waals surface area contributed by atoms with Crippen LogP contribution in [0, 0.1) is 0 Å². The van der Waals surface area contributed by atoms with Crippen LogP contribution >= 0.6 is 11.6 Å². The molecule has 1 fully saturated rings. The molecule has 0 radical (unpaired) electrons. The van der Waals surface area contributed by atoms with E-state index in [1.165, 1.54) is 0 Å². The van der Waals surface area contributed by atoms with Crippen molar-refractivity contribution in [3.8, 4) is 0 Å². The van der Waals surface area contributed by atoms with Crippen molar-refractivity contribution in [2.75, 3.05) is 36.5 Å². The number of nitrogens with zero attached hydrogens (tertiary/aromatic N) is 2. The minimum atomic E-state index is -0.666. The van der Waals surface area contributed by atoms with Gasteiger partial charge in [-0.25, -0.2) is 0 Å². The Hall–Kier alpha value is -3.35. The van der Waals surface area contributed by atoms with Crippen LogP contribution in [0.2, 0.25) is 5.02 Å². The zero-order chi connectivity index (χ0) is 24.6. The molecule has 1 N–H and O–H groups in total. The highest BCUT2D eigenvalue weighted by molar-refractivity contribution is 6.30. The number of ether oxygens (including phenoxy) is 1. The van der Waals surface area contributed by atoms with Gasteiger partial charge in [0.1, 0.15) is 6.04 Å². The summed E-state index contributed by atoms with van der Waals surface area (Å²) in [4.78, 5) is 30.4. The zero-order valence-corrected chi connectivity index (χ0v) is 20.6. The summed E-state index contributed by atoms with van der Waals surface area (Å²) in [5.74, 6) is -0.351. The standard InChI is InChI=1S/C28H30ClN3O3/c1-21(28(34)30-25-11-13-26(14-12-25)31-15-17-35-18-16-31)32(20-23-7-9-24(29)10-8-23)27(33)19-22-5-3-2-4-6-22/h2-14,21H,15-20H2,1H3,(H,30,34). The van der Waals surface area contributed by atoms with Gasteiger partial charge in [0.2, 0.25) is 11.8 Å². The van der Waals surface area contributed by atoms with Gasteiger partial charge in [-0.3, -0.25) is 9.59 Å². The van der Waals surface area contributed by atoms with Crippen molar-refractivity contribution in [3.05, 3.63) is 95.0 Å². The molecule has 1 aliphatic rings. The lowest BCUT2D eigenvalue weighted by molar-refractivity contribution is -0.138. The van der Waals surface area contributed by atoms with Gasteiger partial charge in [0.15, 0.2) is 0 Å². The highest BCUT2D eigenvalue weighted by atomic mass is 35.5. The molecule has 1 aliphatic heterocycles. The highest BCUT2D eigenvalue weighted by Gasteiger charge is 2.26. The molecule has 6 nitrogen and oxygen atoms in total. The molecular weight excluding hydrogens is 462 g/mol. The number of rotatable bonds is 8. The van der Waals surface area contributed by atoms with Gasteiger partial charge in [-0.1, -0.05) is 54.1 Å². The Kier molecular flexibility index (Phi) is 8.40. The fraction of sp³-hybridized carbons (Fsp3) is 0.286. The average molecular weight is 492 g/mol. The van der Waals surface area contributed by atoms with Crippen molar-refractivity contribution in [1.82, 2.24) is 4.90 Å². The summed E-state index contributed by atoms with van der Waals surface area (Å²) in [6.45, 7) is 5.22. The molecule has 1 atom stereocenters. The molecule has 1 saturated heterocycles. The molecule has 35 heavy (non-hydrogen) atoms. The number of morpholine rings is 1. The third-order valence-corrected chi connectivity index (χ3v) is 6.39. The van der Waals surface area contributed by atoms with Crippen molar-refractivity contribution in [1.29, 1.82) is 0 Å². The number of nitrogens with one attached hydrogen (secondary N) is 1. The monoisotopic (exact) mass is 491 g/mol. The Bertz CT molecular complexity index is 1110. The van der Waals surface area contributed by atoms with Crippen LogP contribution in [0.5, 0.6) is 0 Å². The normalized spacial score (nSPS) is 14.3. The molecule has 182 valence electrons. The predicted molar refractivity (Wildman–Crippen MR) is 140 cm³/mol. The molecular formula is C28H30ClN3O3. The van der Waals surface area contributed by atoms with Crippen LogP contribution in [0.3, 0.4) is 0 Å². The Morgan fingerprint density at radius 2 is 1.60 bits per heavy atom. The molecule has 4 rings (SSSR count). The molecule has 1 unspecified atom stereocenters. The third-order valence-electron chi connectivity index (χ3n) is 6.14. The van der Waals surface area contributed by atoms with E-state index >= 15 is 0 Å². The molecule has 2 amide bonds. The molecule has 0 spiro atoms. The SMILES string of the molecule is CC(C(=O)Nc1ccc(N2CCOCC2)cc1)N(Cc1ccc(Cl)cc1)C(=O)Cc1ccccc1. The fourth-order valence-corrected chi connectivity index (χ4v) is 4.19. The Balaban J connectivity index is 1.46. The number of anilines is 2. The average Bonchev–Trinajstić information content (AvgIpc) is 2.89. The van der Waals surface area contributed by atoms with Gasteiger partial charge >= 0.3 is 0 Å². The van der Waals surface area contributed by atoms with E-state index in [-0.39, 0.29) is 18.2 Å². The minimum Gasteiger partial charge on any atom is -0.378 e. The van der Waals surface area contributed by atoms with Crippen molar-refractivity contribution >= 4 is 34.8 Å². The van der Waals surface area contributed by atoms with Crippen LogP contribution < -0.4 is 10.2 Å². The first-order valence-electron chi connectivity index (χ1n) is 11.8. The van der Waals surface area contributed by atoms with Gasteiger partial charge in [0, 0.05) is 36.0 Å². The summed E-state index contributed by atoms with van der Waals surface area (Å²) in [6, 6.07) is 24.0. The molecule has 3 aromatic carbocycles. The van der Waals surface area contributed by atoms with E-state index in [1.54, 1.807) is 24.0 Å². The van der Waals surface area contributed by atoms with Crippen molar-refractivity contribution in [3.63, 3.8) is 0 Å². The van der Waals surface area contributed by atoms with Crippen LogP contribution in [0.25, 0.3) is 0 Å². The first-order valence-corrected chi connectivity index (χ1v) is 12.2. The van der Waals surface area contributed by atoms with E-state index in [0.29, 0.717) is 17.3 Å². The second-order valence-electron chi connectivity index (χ2n) is 8.62.